The van der Waals surface area contributed by atoms with Crippen LogP contribution in [0.15, 0.2) is 48.5 Å². The maximum absolute atomic E-state index is 13.0. The lowest BCUT2D eigenvalue weighted by atomic mass is 9.80. The molecule has 0 spiro atoms. The van der Waals surface area contributed by atoms with Crippen LogP contribution in [0.3, 0.4) is 0 Å². The second kappa shape index (κ2) is 8.42. The molecule has 2 amide bonds. The number of nitrogens with zero attached hydrogens (tertiary/aromatic N) is 1. The molecule has 2 aromatic carbocycles. The Kier molecular flexibility index (Phi) is 5.97. The first kappa shape index (κ1) is 19.9. The summed E-state index contributed by atoms with van der Waals surface area (Å²) in [5.74, 6) is 0.214. The van der Waals surface area contributed by atoms with Crippen LogP contribution in [0, 0.1) is 11.2 Å². The maximum atomic E-state index is 13.0. The van der Waals surface area contributed by atoms with E-state index in [1.807, 2.05) is 6.92 Å². The Morgan fingerprint density at radius 1 is 1.14 bits per heavy atom. The van der Waals surface area contributed by atoms with E-state index in [1.165, 1.54) is 12.1 Å². The molecule has 3 rings (SSSR count). The lowest BCUT2D eigenvalue weighted by molar-refractivity contribution is -0.132. The summed E-state index contributed by atoms with van der Waals surface area (Å²) in [5, 5.41) is 2.93. The smallest absolute Gasteiger partial charge is 0.253 e. The van der Waals surface area contributed by atoms with Gasteiger partial charge in [-0.15, -0.1) is 0 Å². The van der Waals surface area contributed by atoms with Crippen molar-refractivity contribution in [2.24, 2.45) is 5.41 Å². The average Bonchev–Trinajstić information content (AvgIpc) is 2.72. The molecule has 1 heterocycles. The fourth-order valence-electron chi connectivity index (χ4n) is 3.51. The summed E-state index contributed by atoms with van der Waals surface area (Å²) in [7, 11) is 1.58. The van der Waals surface area contributed by atoms with Crippen LogP contribution >= 0.6 is 0 Å². The van der Waals surface area contributed by atoms with Gasteiger partial charge in [0.05, 0.1) is 12.5 Å². The monoisotopic (exact) mass is 384 g/mol. The number of nitrogens with one attached hydrogen (secondary N) is 1. The summed E-state index contributed by atoms with van der Waals surface area (Å²) in [5.41, 5.74) is 0.762. The highest BCUT2D eigenvalue weighted by Gasteiger charge is 2.39. The zero-order valence-corrected chi connectivity index (χ0v) is 16.2. The van der Waals surface area contributed by atoms with Crippen LogP contribution in [-0.2, 0) is 11.3 Å². The molecule has 1 fully saturated rings. The van der Waals surface area contributed by atoms with Crippen LogP contribution in [-0.4, -0.2) is 36.9 Å². The number of ether oxygens (including phenoxy) is 1. The molecular formula is C22H25FN2O3. The van der Waals surface area contributed by atoms with Gasteiger partial charge in [0, 0.05) is 25.2 Å². The van der Waals surface area contributed by atoms with E-state index in [-0.39, 0.29) is 17.6 Å². The Morgan fingerprint density at radius 3 is 2.46 bits per heavy atom. The minimum Gasteiger partial charge on any atom is -0.497 e. The van der Waals surface area contributed by atoms with E-state index in [0.717, 1.165) is 12.0 Å². The number of hydrogen-bond acceptors (Lipinski definition) is 3. The second-order valence-electron chi connectivity index (χ2n) is 7.43. The van der Waals surface area contributed by atoms with E-state index in [9.17, 15) is 14.0 Å². The number of benzene rings is 2. The van der Waals surface area contributed by atoms with Crippen molar-refractivity contribution >= 4 is 11.8 Å². The van der Waals surface area contributed by atoms with Gasteiger partial charge in [0.2, 0.25) is 5.91 Å². The van der Waals surface area contributed by atoms with E-state index in [1.54, 1.807) is 48.4 Å². The normalized spacial score (nSPS) is 19.2. The Hall–Kier alpha value is -2.89. The molecule has 28 heavy (non-hydrogen) atoms. The molecule has 1 aliphatic rings. The first-order valence-corrected chi connectivity index (χ1v) is 9.37. The van der Waals surface area contributed by atoms with Gasteiger partial charge in [-0.05, 0) is 61.7 Å². The minimum absolute atomic E-state index is 0.0834. The fourth-order valence-corrected chi connectivity index (χ4v) is 3.51. The molecule has 1 atom stereocenters. The zero-order valence-electron chi connectivity index (χ0n) is 16.2. The van der Waals surface area contributed by atoms with Crippen LogP contribution in [0.2, 0.25) is 0 Å². The van der Waals surface area contributed by atoms with Gasteiger partial charge in [-0.25, -0.2) is 4.39 Å². The largest absolute Gasteiger partial charge is 0.497 e. The Morgan fingerprint density at radius 2 is 1.82 bits per heavy atom. The zero-order chi connectivity index (χ0) is 20.1. The summed E-state index contributed by atoms with van der Waals surface area (Å²) in [6.07, 6.45) is 1.48. The molecule has 1 unspecified atom stereocenters. The minimum atomic E-state index is -0.652. The van der Waals surface area contributed by atoms with Gasteiger partial charge in [-0.2, -0.15) is 0 Å². The van der Waals surface area contributed by atoms with Crippen LogP contribution in [0.5, 0.6) is 5.75 Å². The summed E-state index contributed by atoms with van der Waals surface area (Å²) >= 11 is 0. The Balaban J connectivity index is 1.63. The van der Waals surface area contributed by atoms with E-state index in [0.29, 0.717) is 37.4 Å². The summed E-state index contributed by atoms with van der Waals surface area (Å²) < 4.78 is 18.1. The van der Waals surface area contributed by atoms with E-state index >= 15 is 0 Å². The lowest BCUT2D eigenvalue weighted by Gasteiger charge is -2.39. The van der Waals surface area contributed by atoms with E-state index in [4.69, 9.17) is 4.74 Å². The topological polar surface area (TPSA) is 58.6 Å². The van der Waals surface area contributed by atoms with Crippen molar-refractivity contribution in [3.8, 4) is 5.75 Å². The van der Waals surface area contributed by atoms with Gasteiger partial charge in [0.1, 0.15) is 11.6 Å². The molecule has 0 aliphatic carbocycles. The molecule has 0 bridgehead atoms. The van der Waals surface area contributed by atoms with Crippen LogP contribution in [0.4, 0.5) is 4.39 Å². The van der Waals surface area contributed by atoms with Gasteiger partial charge in [-0.1, -0.05) is 12.1 Å². The van der Waals surface area contributed by atoms with Gasteiger partial charge in [0.15, 0.2) is 0 Å². The molecule has 1 saturated heterocycles. The average molecular weight is 384 g/mol. The van der Waals surface area contributed by atoms with E-state index in [2.05, 4.69) is 5.32 Å². The van der Waals surface area contributed by atoms with Gasteiger partial charge < -0.3 is 15.0 Å². The highest BCUT2D eigenvalue weighted by molar-refractivity contribution is 5.95. The third-order valence-electron chi connectivity index (χ3n) is 5.24. The molecule has 0 radical (unpaired) electrons. The number of hydrogen-bond donors (Lipinski definition) is 1. The van der Waals surface area contributed by atoms with Crippen molar-refractivity contribution in [2.45, 2.75) is 26.3 Å². The molecule has 148 valence electrons. The summed E-state index contributed by atoms with van der Waals surface area (Å²) in [6.45, 7) is 3.22. The van der Waals surface area contributed by atoms with Crippen molar-refractivity contribution in [2.75, 3.05) is 20.2 Å². The molecule has 1 aliphatic heterocycles. The van der Waals surface area contributed by atoms with Crippen molar-refractivity contribution in [1.29, 1.82) is 0 Å². The van der Waals surface area contributed by atoms with E-state index < -0.39 is 5.41 Å². The molecule has 1 N–H and O–H groups in total. The lowest BCUT2D eigenvalue weighted by Crippen LogP contribution is -2.51. The third kappa shape index (κ3) is 4.50. The SMILES string of the molecule is COc1ccc(C(=O)N2CCCC(C)(C(=O)NCc3ccc(F)cc3)C2)cc1. The molecular weight excluding hydrogens is 359 g/mol. The first-order chi connectivity index (χ1) is 13.4. The van der Waals surface area contributed by atoms with Crippen LogP contribution in [0.1, 0.15) is 35.7 Å². The number of halogens is 1. The van der Waals surface area contributed by atoms with Crippen LogP contribution in [0.25, 0.3) is 0 Å². The standard InChI is InChI=1S/C22H25FN2O3/c1-22(21(27)24-14-16-4-8-18(23)9-5-16)12-3-13-25(15-22)20(26)17-6-10-19(28-2)11-7-17/h4-11H,3,12-15H2,1-2H3,(H,24,27). The summed E-state index contributed by atoms with van der Waals surface area (Å²) in [4.78, 5) is 27.4. The number of rotatable bonds is 5. The number of piperidine rings is 1. The summed E-state index contributed by atoms with van der Waals surface area (Å²) in [6, 6.07) is 13.0. The highest BCUT2D eigenvalue weighted by atomic mass is 19.1. The van der Waals surface area contributed by atoms with Gasteiger partial charge >= 0.3 is 0 Å². The van der Waals surface area contributed by atoms with Crippen molar-refractivity contribution in [3.63, 3.8) is 0 Å². The molecule has 0 saturated carbocycles. The predicted octanol–water partition coefficient (Wildman–Crippen LogP) is 3.39. The highest BCUT2D eigenvalue weighted by Crippen LogP contribution is 2.31. The Labute approximate surface area is 164 Å². The third-order valence-corrected chi connectivity index (χ3v) is 5.24. The van der Waals surface area contributed by atoms with Gasteiger partial charge in [0.25, 0.3) is 5.91 Å². The Bertz CT molecular complexity index is 836. The molecule has 5 nitrogen and oxygen atoms in total. The number of likely N-dealkylation sites (tertiary alicyclic amines) is 1. The fraction of sp³-hybridized carbons (Fsp3) is 0.364. The maximum Gasteiger partial charge on any atom is 0.253 e. The number of amides is 2. The van der Waals surface area contributed by atoms with Crippen molar-refractivity contribution in [1.82, 2.24) is 10.2 Å². The quantitative estimate of drug-likeness (QED) is 0.860. The molecule has 6 heteroatoms. The number of carbonyl (C=O) groups excluding carboxylic acids is 2. The predicted molar refractivity (Wildman–Crippen MR) is 104 cm³/mol. The number of carbonyl (C=O) groups is 2. The molecule has 0 aromatic heterocycles. The van der Waals surface area contributed by atoms with Crippen molar-refractivity contribution in [3.05, 3.63) is 65.5 Å². The van der Waals surface area contributed by atoms with Crippen LogP contribution < -0.4 is 10.1 Å². The number of methoxy groups -OCH3 is 1. The first-order valence-electron chi connectivity index (χ1n) is 9.37. The van der Waals surface area contributed by atoms with Gasteiger partial charge in [-0.3, -0.25) is 9.59 Å². The second-order valence-corrected chi connectivity index (χ2v) is 7.43. The molecule has 2 aromatic rings. The van der Waals surface area contributed by atoms with Crippen molar-refractivity contribution < 1.29 is 18.7 Å².